The molecule has 1 aromatic heterocycles. The zero-order valence-corrected chi connectivity index (χ0v) is 10.1. The monoisotopic (exact) mass is 247 g/mol. The SMILES string of the molecule is Cc1cc(NCc2nncn2C)ccc1[N+](=O)[O-]. The number of nitrogens with zero attached hydrogens (tertiary/aromatic N) is 4. The van der Waals surface area contributed by atoms with E-state index in [9.17, 15) is 10.1 Å². The summed E-state index contributed by atoms with van der Waals surface area (Å²) in [5.41, 5.74) is 1.57. The molecule has 0 spiro atoms. The van der Waals surface area contributed by atoms with Gasteiger partial charge in [0, 0.05) is 24.4 Å². The van der Waals surface area contributed by atoms with Gasteiger partial charge in [-0.05, 0) is 19.1 Å². The van der Waals surface area contributed by atoms with Gasteiger partial charge in [-0.3, -0.25) is 10.1 Å². The molecule has 2 rings (SSSR count). The van der Waals surface area contributed by atoms with E-state index in [0.717, 1.165) is 11.5 Å². The van der Waals surface area contributed by atoms with E-state index in [1.54, 1.807) is 25.4 Å². The first-order chi connectivity index (χ1) is 8.58. The molecule has 2 aromatic rings. The standard InChI is InChI=1S/C11H13N5O2/c1-8-5-9(3-4-10(8)16(17)18)12-6-11-14-13-7-15(11)2/h3-5,7,12H,6H2,1-2H3. The van der Waals surface area contributed by atoms with Crippen LogP contribution < -0.4 is 5.32 Å². The van der Waals surface area contributed by atoms with Crippen LogP contribution in [-0.2, 0) is 13.6 Å². The molecule has 0 aliphatic rings. The third kappa shape index (κ3) is 2.45. The summed E-state index contributed by atoms with van der Waals surface area (Å²) in [5, 5.41) is 21.5. The average molecular weight is 247 g/mol. The van der Waals surface area contributed by atoms with Crippen LogP contribution in [0.3, 0.4) is 0 Å². The average Bonchev–Trinajstić information content (AvgIpc) is 2.72. The van der Waals surface area contributed by atoms with Gasteiger partial charge in [-0.2, -0.15) is 0 Å². The van der Waals surface area contributed by atoms with E-state index in [4.69, 9.17) is 0 Å². The predicted molar refractivity (Wildman–Crippen MR) is 66.2 cm³/mol. The number of benzene rings is 1. The molecule has 1 N–H and O–H groups in total. The summed E-state index contributed by atoms with van der Waals surface area (Å²) < 4.78 is 1.81. The second kappa shape index (κ2) is 4.82. The lowest BCUT2D eigenvalue weighted by Crippen LogP contribution is -2.06. The molecule has 0 aliphatic carbocycles. The molecule has 18 heavy (non-hydrogen) atoms. The highest BCUT2D eigenvalue weighted by molar-refractivity contribution is 5.53. The normalized spacial score (nSPS) is 10.3. The van der Waals surface area contributed by atoms with E-state index in [-0.39, 0.29) is 10.6 Å². The van der Waals surface area contributed by atoms with Crippen LogP contribution in [0.4, 0.5) is 11.4 Å². The maximum absolute atomic E-state index is 10.7. The molecule has 1 heterocycles. The lowest BCUT2D eigenvalue weighted by Gasteiger charge is -2.06. The Bertz CT molecular complexity index is 579. The molecule has 0 saturated carbocycles. The van der Waals surface area contributed by atoms with Crippen molar-refractivity contribution in [2.75, 3.05) is 5.32 Å². The third-order valence-corrected chi connectivity index (χ3v) is 2.65. The van der Waals surface area contributed by atoms with Crippen LogP contribution in [0.2, 0.25) is 0 Å². The van der Waals surface area contributed by atoms with Crippen LogP contribution in [0.15, 0.2) is 24.5 Å². The maximum atomic E-state index is 10.7. The molecule has 0 unspecified atom stereocenters. The summed E-state index contributed by atoms with van der Waals surface area (Å²) in [6.07, 6.45) is 1.62. The molecule has 0 saturated heterocycles. The van der Waals surface area contributed by atoms with Crippen molar-refractivity contribution in [3.8, 4) is 0 Å². The van der Waals surface area contributed by atoms with Crippen LogP contribution in [0.5, 0.6) is 0 Å². The van der Waals surface area contributed by atoms with Crippen molar-refractivity contribution < 1.29 is 4.92 Å². The molecule has 7 heteroatoms. The fourth-order valence-corrected chi connectivity index (χ4v) is 1.62. The number of nitro benzene ring substituents is 1. The van der Waals surface area contributed by atoms with Crippen molar-refractivity contribution in [2.45, 2.75) is 13.5 Å². The number of hydrogen-bond acceptors (Lipinski definition) is 5. The van der Waals surface area contributed by atoms with Gasteiger partial charge in [0.2, 0.25) is 0 Å². The van der Waals surface area contributed by atoms with Gasteiger partial charge in [-0.25, -0.2) is 0 Å². The largest absolute Gasteiger partial charge is 0.378 e. The molecular formula is C11H13N5O2. The Kier molecular flexibility index (Phi) is 3.22. The molecule has 94 valence electrons. The Morgan fingerprint density at radius 2 is 2.28 bits per heavy atom. The first-order valence-electron chi connectivity index (χ1n) is 5.39. The van der Waals surface area contributed by atoms with Gasteiger partial charge in [-0.15, -0.1) is 10.2 Å². The van der Waals surface area contributed by atoms with Crippen molar-refractivity contribution in [2.24, 2.45) is 7.05 Å². The van der Waals surface area contributed by atoms with Crippen molar-refractivity contribution in [3.63, 3.8) is 0 Å². The summed E-state index contributed by atoms with van der Waals surface area (Å²) in [5.74, 6) is 0.797. The van der Waals surface area contributed by atoms with Gasteiger partial charge in [0.15, 0.2) is 5.82 Å². The minimum atomic E-state index is -0.387. The van der Waals surface area contributed by atoms with Crippen LogP contribution in [0.1, 0.15) is 11.4 Å². The van der Waals surface area contributed by atoms with E-state index in [1.807, 2.05) is 11.6 Å². The zero-order chi connectivity index (χ0) is 13.1. The maximum Gasteiger partial charge on any atom is 0.272 e. The van der Waals surface area contributed by atoms with Gasteiger partial charge in [0.1, 0.15) is 6.33 Å². The van der Waals surface area contributed by atoms with Crippen molar-refractivity contribution in [1.29, 1.82) is 0 Å². The predicted octanol–water partition coefficient (Wildman–Crippen LogP) is 1.64. The zero-order valence-electron chi connectivity index (χ0n) is 10.1. The Labute approximate surface area is 104 Å². The third-order valence-electron chi connectivity index (χ3n) is 2.65. The van der Waals surface area contributed by atoms with Gasteiger partial charge in [-0.1, -0.05) is 0 Å². The Balaban J connectivity index is 2.09. The molecular weight excluding hydrogens is 234 g/mol. The fraction of sp³-hybridized carbons (Fsp3) is 0.273. The summed E-state index contributed by atoms with van der Waals surface area (Å²) in [6, 6.07) is 4.92. The summed E-state index contributed by atoms with van der Waals surface area (Å²) in [4.78, 5) is 10.3. The second-order valence-corrected chi connectivity index (χ2v) is 3.97. The number of rotatable bonds is 4. The molecule has 7 nitrogen and oxygen atoms in total. The van der Waals surface area contributed by atoms with Crippen molar-refractivity contribution >= 4 is 11.4 Å². The number of hydrogen-bond donors (Lipinski definition) is 1. The van der Waals surface area contributed by atoms with Crippen molar-refractivity contribution in [3.05, 3.63) is 46.0 Å². The van der Waals surface area contributed by atoms with Gasteiger partial charge in [0.25, 0.3) is 5.69 Å². The first-order valence-corrected chi connectivity index (χ1v) is 5.39. The number of aromatic nitrogens is 3. The molecule has 0 bridgehead atoms. The smallest absolute Gasteiger partial charge is 0.272 e. The van der Waals surface area contributed by atoms with Crippen LogP contribution in [0.25, 0.3) is 0 Å². The van der Waals surface area contributed by atoms with E-state index >= 15 is 0 Å². The Hall–Kier alpha value is -2.44. The number of anilines is 1. The molecule has 0 amide bonds. The van der Waals surface area contributed by atoms with Gasteiger partial charge in [0.05, 0.1) is 11.5 Å². The molecule has 0 radical (unpaired) electrons. The highest BCUT2D eigenvalue weighted by atomic mass is 16.6. The van der Waals surface area contributed by atoms with Crippen molar-refractivity contribution in [1.82, 2.24) is 14.8 Å². The van der Waals surface area contributed by atoms with Crippen LogP contribution in [0, 0.1) is 17.0 Å². The highest BCUT2D eigenvalue weighted by Gasteiger charge is 2.10. The summed E-state index contributed by atoms with van der Waals surface area (Å²) in [6.45, 7) is 2.24. The molecule has 0 aliphatic heterocycles. The van der Waals surface area contributed by atoms with E-state index in [1.165, 1.54) is 6.07 Å². The highest BCUT2D eigenvalue weighted by Crippen LogP contribution is 2.21. The Morgan fingerprint density at radius 1 is 1.50 bits per heavy atom. The molecule has 0 atom stereocenters. The molecule has 1 aromatic carbocycles. The summed E-state index contributed by atoms with van der Waals surface area (Å²) >= 11 is 0. The lowest BCUT2D eigenvalue weighted by molar-refractivity contribution is -0.385. The van der Waals surface area contributed by atoms with Crippen LogP contribution in [-0.4, -0.2) is 19.7 Å². The lowest BCUT2D eigenvalue weighted by atomic mass is 10.2. The van der Waals surface area contributed by atoms with Gasteiger partial charge >= 0.3 is 0 Å². The van der Waals surface area contributed by atoms with E-state index < -0.39 is 0 Å². The number of aryl methyl sites for hydroxylation is 2. The Morgan fingerprint density at radius 3 is 2.83 bits per heavy atom. The fourth-order valence-electron chi connectivity index (χ4n) is 1.62. The topological polar surface area (TPSA) is 85.9 Å². The minimum Gasteiger partial charge on any atom is -0.378 e. The summed E-state index contributed by atoms with van der Waals surface area (Å²) in [7, 11) is 1.86. The second-order valence-electron chi connectivity index (χ2n) is 3.97. The number of nitrogens with one attached hydrogen (secondary N) is 1. The van der Waals surface area contributed by atoms with E-state index in [0.29, 0.717) is 12.1 Å². The van der Waals surface area contributed by atoms with Crippen LogP contribution >= 0.6 is 0 Å². The minimum absolute atomic E-state index is 0.124. The first kappa shape index (κ1) is 12.0. The number of nitro groups is 1. The van der Waals surface area contributed by atoms with E-state index in [2.05, 4.69) is 15.5 Å². The quantitative estimate of drug-likeness (QED) is 0.655. The van der Waals surface area contributed by atoms with Gasteiger partial charge < -0.3 is 9.88 Å². The molecule has 0 fully saturated rings.